The van der Waals surface area contributed by atoms with Crippen molar-refractivity contribution in [1.29, 1.82) is 0 Å². The Morgan fingerprint density at radius 3 is 2.18 bits per heavy atom. The quantitative estimate of drug-likeness (QED) is 0.312. The number of benzene rings is 2. The highest BCUT2D eigenvalue weighted by molar-refractivity contribution is 5.94. The van der Waals surface area contributed by atoms with Crippen molar-refractivity contribution >= 4 is 23.7 Å². The first-order chi connectivity index (χ1) is 18.3. The summed E-state index contributed by atoms with van der Waals surface area (Å²) in [5.41, 5.74) is 1.52. The molecule has 0 saturated carbocycles. The molecule has 38 heavy (non-hydrogen) atoms. The molecule has 2 fully saturated rings. The number of hydrogen-bond acceptors (Lipinski definition) is 6. The second-order valence-electron chi connectivity index (χ2n) is 9.86. The van der Waals surface area contributed by atoms with E-state index >= 15 is 0 Å². The average Bonchev–Trinajstić information content (AvgIpc) is 3.62. The number of carboxylic acid groups (broad SMARTS) is 1. The number of aliphatic carboxylic acids is 1. The molecular formula is C28H34N4O6. The van der Waals surface area contributed by atoms with E-state index in [0.29, 0.717) is 31.4 Å². The van der Waals surface area contributed by atoms with Crippen molar-refractivity contribution in [3.8, 4) is 5.75 Å². The van der Waals surface area contributed by atoms with Crippen LogP contribution in [0.1, 0.15) is 36.8 Å². The summed E-state index contributed by atoms with van der Waals surface area (Å²) in [5.74, 6) is -2.27. The molecule has 3 amide bonds. The zero-order valence-corrected chi connectivity index (χ0v) is 21.1. The zero-order chi connectivity index (χ0) is 27.1. The third-order valence-corrected chi connectivity index (χ3v) is 7.10. The molecule has 10 heteroatoms. The normalized spacial score (nSPS) is 20.5. The largest absolute Gasteiger partial charge is 0.508 e. The van der Waals surface area contributed by atoms with E-state index in [-0.39, 0.29) is 36.4 Å². The van der Waals surface area contributed by atoms with Crippen LogP contribution in [0.3, 0.4) is 0 Å². The minimum Gasteiger partial charge on any atom is -0.508 e. The minimum atomic E-state index is -1.20. The predicted octanol–water partition coefficient (Wildman–Crippen LogP) is 0.975. The van der Waals surface area contributed by atoms with E-state index in [0.717, 1.165) is 18.5 Å². The Hall–Kier alpha value is -3.92. The number of phenols is 1. The first-order valence-corrected chi connectivity index (χ1v) is 13.0. The first kappa shape index (κ1) is 27.1. The Labute approximate surface area is 221 Å². The standard InChI is InChI=1S/C28H34N4O6/c33-20-12-10-19(11-13-20)17-23(28(37)38)31-26(35)24-9-5-15-32(24)27(36)22(16-18-6-2-1-3-7-18)30-25(34)21-8-4-14-29-21/h1-3,6-7,10-13,21-24,29,33H,4-5,8-9,14-17H2,(H,30,34)(H,31,35)(H,37,38)/t21-,22-,23-,24-/m0/s1. The van der Waals surface area contributed by atoms with E-state index < -0.39 is 30.0 Å². The number of amides is 3. The molecule has 0 bridgehead atoms. The van der Waals surface area contributed by atoms with Gasteiger partial charge in [-0.05, 0) is 55.5 Å². The van der Waals surface area contributed by atoms with Gasteiger partial charge in [0, 0.05) is 19.4 Å². The average molecular weight is 523 g/mol. The fourth-order valence-electron chi connectivity index (χ4n) is 5.07. The molecule has 0 aromatic heterocycles. The second kappa shape index (κ2) is 12.6. The van der Waals surface area contributed by atoms with Crippen LogP contribution in [0, 0.1) is 0 Å². The summed E-state index contributed by atoms with van der Waals surface area (Å²) in [6.07, 6.45) is 2.89. The van der Waals surface area contributed by atoms with E-state index in [1.54, 1.807) is 12.1 Å². The SMILES string of the molecule is O=C(O)[C@H](Cc1ccc(O)cc1)NC(=O)[C@@H]1CCCN1C(=O)[C@H](Cc1ccccc1)NC(=O)[C@@H]1CCCN1. The maximum Gasteiger partial charge on any atom is 0.326 e. The third-order valence-electron chi connectivity index (χ3n) is 7.10. The van der Waals surface area contributed by atoms with Gasteiger partial charge in [0.25, 0.3) is 0 Å². The van der Waals surface area contributed by atoms with Gasteiger partial charge in [-0.2, -0.15) is 0 Å². The summed E-state index contributed by atoms with van der Waals surface area (Å²) < 4.78 is 0. The lowest BCUT2D eigenvalue weighted by molar-refractivity contribution is -0.144. The molecule has 10 nitrogen and oxygen atoms in total. The highest BCUT2D eigenvalue weighted by Gasteiger charge is 2.39. The van der Waals surface area contributed by atoms with Crippen molar-refractivity contribution in [2.45, 2.75) is 62.7 Å². The Morgan fingerprint density at radius 1 is 0.868 bits per heavy atom. The molecule has 202 valence electrons. The molecule has 0 unspecified atom stereocenters. The van der Waals surface area contributed by atoms with Gasteiger partial charge in [-0.25, -0.2) is 4.79 Å². The lowest BCUT2D eigenvalue weighted by atomic mass is 10.0. The molecule has 2 aliphatic rings. The van der Waals surface area contributed by atoms with Crippen LogP contribution < -0.4 is 16.0 Å². The summed E-state index contributed by atoms with van der Waals surface area (Å²) in [6.45, 7) is 1.09. The maximum absolute atomic E-state index is 13.7. The summed E-state index contributed by atoms with van der Waals surface area (Å²) in [6, 6.07) is 12.2. The molecule has 2 saturated heterocycles. The summed E-state index contributed by atoms with van der Waals surface area (Å²) in [4.78, 5) is 53.2. The number of nitrogens with zero attached hydrogens (tertiary/aromatic N) is 1. The van der Waals surface area contributed by atoms with Gasteiger partial charge < -0.3 is 31.1 Å². The molecule has 2 aliphatic heterocycles. The maximum atomic E-state index is 13.7. The molecule has 4 rings (SSSR count). The zero-order valence-electron chi connectivity index (χ0n) is 21.1. The van der Waals surface area contributed by atoms with Gasteiger partial charge in [-0.3, -0.25) is 14.4 Å². The Balaban J connectivity index is 1.47. The van der Waals surface area contributed by atoms with Crippen LogP contribution in [0.2, 0.25) is 0 Å². The molecular weight excluding hydrogens is 488 g/mol. The predicted molar refractivity (Wildman–Crippen MR) is 139 cm³/mol. The van der Waals surface area contributed by atoms with E-state index in [1.165, 1.54) is 17.0 Å². The van der Waals surface area contributed by atoms with Gasteiger partial charge in [-0.1, -0.05) is 42.5 Å². The molecule has 2 aromatic carbocycles. The molecule has 2 heterocycles. The number of carbonyl (C=O) groups excluding carboxylic acids is 3. The lowest BCUT2D eigenvalue weighted by Crippen LogP contribution is -2.57. The monoisotopic (exact) mass is 522 g/mol. The Kier molecular flexibility index (Phi) is 8.96. The number of hydrogen-bond donors (Lipinski definition) is 5. The van der Waals surface area contributed by atoms with Crippen LogP contribution >= 0.6 is 0 Å². The number of likely N-dealkylation sites (tertiary alicyclic amines) is 1. The van der Waals surface area contributed by atoms with Crippen LogP contribution in [0.15, 0.2) is 54.6 Å². The highest BCUT2D eigenvalue weighted by atomic mass is 16.4. The number of carboxylic acids is 1. The van der Waals surface area contributed by atoms with E-state index in [1.807, 2.05) is 30.3 Å². The van der Waals surface area contributed by atoms with E-state index in [9.17, 15) is 29.4 Å². The lowest BCUT2D eigenvalue weighted by Gasteiger charge is -2.30. The molecule has 2 aromatic rings. The Morgan fingerprint density at radius 2 is 1.53 bits per heavy atom. The van der Waals surface area contributed by atoms with Crippen molar-refractivity contribution < 1.29 is 29.4 Å². The van der Waals surface area contributed by atoms with Crippen LogP contribution in [0.4, 0.5) is 0 Å². The highest BCUT2D eigenvalue weighted by Crippen LogP contribution is 2.21. The summed E-state index contributed by atoms with van der Waals surface area (Å²) >= 11 is 0. The van der Waals surface area contributed by atoms with Crippen LogP contribution in [-0.2, 0) is 32.0 Å². The minimum absolute atomic E-state index is 0.0309. The van der Waals surface area contributed by atoms with Crippen molar-refractivity contribution in [2.75, 3.05) is 13.1 Å². The third kappa shape index (κ3) is 6.89. The summed E-state index contributed by atoms with van der Waals surface area (Å²) in [7, 11) is 0. The van der Waals surface area contributed by atoms with Crippen molar-refractivity contribution in [3.63, 3.8) is 0 Å². The van der Waals surface area contributed by atoms with Gasteiger partial charge in [0.2, 0.25) is 17.7 Å². The van der Waals surface area contributed by atoms with Gasteiger partial charge in [0.1, 0.15) is 23.9 Å². The number of phenolic OH excluding ortho intramolecular Hbond substituents is 1. The molecule has 5 N–H and O–H groups in total. The number of nitrogens with one attached hydrogen (secondary N) is 3. The fourth-order valence-corrected chi connectivity index (χ4v) is 5.07. The fraction of sp³-hybridized carbons (Fsp3) is 0.429. The summed E-state index contributed by atoms with van der Waals surface area (Å²) in [5, 5.41) is 27.8. The molecule has 4 atom stereocenters. The molecule has 0 spiro atoms. The molecule has 0 radical (unpaired) electrons. The van der Waals surface area contributed by atoms with Crippen molar-refractivity contribution in [3.05, 3.63) is 65.7 Å². The first-order valence-electron chi connectivity index (χ1n) is 13.0. The van der Waals surface area contributed by atoms with E-state index in [2.05, 4.69) is 16.0 Å². The van der Waals surface area contributed by atoms with Crippen molar-refractivity contribution in [1.82, 2.24) is 20.9 Å². The number of carbonyl (C=O) groups is 4. The van der Waals surface area contributed by atoms with Gasteiger partial charge >= 0.3 is 5.97 Å². The number of rotatable bonds is 10. The van der Waals surface area contributed by atoms with Crippen molar-refractivity contribution in [2.24, 2.45) is 0 Å². The van der Waals surface area contributed by atoms with E-state index in [4.69, 9.17) is 0 Å². The van der Waals surface area contributed by atoms with Crippen LogP contribution in [-0.4, -0.2) is 76.1 Å². The number of aromatic hydroxyl groups is 1. The van der Waals surface area contributed by atoms with Crippen LogP contribution in [0.25, 0.3) is 0 Å². The van der Waals surface area contributed by atoms with Gasteiger partial charge in [0.05, 0.1) is 6.04 Å². The van der Waals surface area contributed by atoms with Crippen LogP contribution in [0.5, 0.6) is 5.75 Å². The van der Waals surface area contributed by atoms with Gasteiger partial charge in [-0.15, -0.1) is 0 Å². The Bertz CT molecular complexity index is 1130. The second-order valence-corrected chi connectivity index (χ2v) is 9.86. The molecule has 0 aliphatic carbocycles. The van der Waals surface area contributed by atoms with Gasteiger partial charge in [0.15, 0.2) is 0 Å². The smallest absolute Gasteiger partial charge is 0.326 e. The topological polar surface area (TPSA) is 148 Å².